The Labute approximate surface area is 147 Å². The molecule has 3 N–H and O–H groups in total. The molecule has 0 saturated heterocycles. The number of ether oxygens (including phenoxy) is 3. The van der Waals surface area contributed by atoms with Crippen LogP contribution < -0.4 is 25.3 Å². The third-order valence-electron chi connectivity index (χ3n) is 4.07. The van der Waals surface area contributed by atoms with Crippen LogP contribution >= 0.6 is 0 Å². The van der Waals surface area contributed by atoms with E-state index in [1.165, 1.54) is 21.3 Å². The summed E-state index contributed by atoms with van der Waals surface area (Å²) < 4.78 is 15.9. The van der Waals surface area contributed by atoms with E-state index >= 15 is 0 Å². The predicted octanol–water partition coefficient (Wildman–Crippen LogP) is 2.99. The summed E-state index contributed by atoms with van der Waals surface area (Å²) in [5.74, 6) is 0.804. The summed E-state index contributed by atoms with van der Waals surface area (Å²) in [5.41, 5.74) is 7.68. The van der Waals surface area contributed by atoms with E-state index in [0.29, 0.717) is 22.9 Å². The topological polar surface area (TPSA) is 82.8 Å². The largest absolute Gasteiger partial charge is 0.493 e. The highest BCUT2D eigenvalue weighted by molar-refractivity contribution is 5.93. The van der Waals surface area contributed by atoms with E-state index in [9.17, 15) is 4.79 Å². The number of rotatable bonds is 7. The van der Waals surface area contributed by atoms with Gasteiger partial charge in [-0.15, -0.1) is 0 Å². The van der Waals surface area contributed by atoms with Gasteiger partial charge in [0.2, 0.25) is 11.7 Å². The smallest absolute Gasteiger partial charge is 0.229 e. The minimum absolute atomic E-state index is 0.189. The molecule has 0 aromatic heterocycles. The lowest BCUT2D eigenvalue weighted by molar-refractivity contribution is -0.120. The number of hydrogen-bond donors (Lipinski definition) is 2. The molecule has 0 spiro atoms. The molecule has 0 aliphatic heterocycles. The minimum atomic E-state index is -0.415. The molecule has 2 aromatic rings. The zero-order chi connectivity index (χ0) is 18.4. The molecule has 6 nitrogen and oxygen atoms in total. The van der Waals surface area contributed by atoms with Crippen LogP contribution in [0.4, 0.5) is 5.69 Å². The van der Waals surface area contributed by atoms with Crippen LogP contribution in [0.2, 0.25) is 0 Å². The van der Waals surface area contributed by atoms with Gasteiger partial charge in [0.05, 0.1) is 27.2 Å². The molecule has 1 amide bonds. The van der Waals surface area contributed by atoms with Gasteiger partial charge < -0.3 is 25.3 Å². The van der Waals surface area contributed by atoms with Gasteiger partial charge in [-0.2, -0.15) is 0 Å². The molecule has 0 heterocycles. The van der Waals surface area contributed by atoms with Crippen LogP contribution in [0.25, 0.3) is 0 Å². The van der Waals surface area contributed by atoms with Crippen molar-refractivity contribution in [1.82, 2.24) is 0 Å². The van der Waals surface area contributed by atoms with Gasteiger partial charge in [0, 0.05) is 23.9 Å². The highest BCUT2D eigenvalue weighted by Gasteiger charge is 2.23. The van der Waals surface area contributed by atoms with E-state index in [1.807, 2.05) is 30.3 Å². The van der Waals surface area contributed by atoms with Crippen molar-refractivity contribution < 1.29 is 19.0 Å². The van der Waals surface area contributed by atoms with Crippen molar-refractivity contribution in [1.29, 1.82) is 0 Å². The molecular weight excluding hydrogens is 320 g/mol. The lowest BCUT2D eigenvalue weighted by atomic mass is 9.94. The molecule has 2 unspecified atom stereocenters. The van der Waals surface area contributed by atoms with Gasteiger partial charge in [-0.25, -0.2) is 0 Å². The van der Waals surface area contributed by atoms with Gasteiger partial charge in [0.1, 0.15) is 0 Å². The number of hydrogen-bond acceptors (Lipinski definition) is 5. The first-order valence-electron chi connectivity index (χ1n) is 7.93. The molecule has 25 heavy (non-hydrogen) atoms. The fraction of sp³-hybridized carbons (Fsp3) is 0.316. The molecule has 0 bridgehead atoms. The molecule has 134 valence electrons. The van der Waals surface area contributed by atoms with E-state index in [1.54, 1.807) is 19.1 Å². The van der Waals surface area contributed by atoms with E-state index < -0.39 is 12.0 Å². The number of anilines is 1. The molecule has 6 heteroatoms. The predicted molar refractivity (Wildman–Crippen MR) is 97.3 cm³/mol. The van der Waals surface area contributed by atoms with Crippen LogP contribution in [0.1, 0.15) is 18.5 Å². The minimum Gasteiger partial charge on any atom is -0.493 e. The van der Waals surface area contributed by atoms with Crippen LogP contribution in [-0.2, 0) is 4.79 Å². The molecule has 2 atom stereocenters. The molecule has 2 rings (SSSR count). The van der Waals surface area contributed by atoms with Crippen LogP contribution in [0.5, 0.6) is 17.2 Å². The van der Waals surface area contributed by atoms with Gasteiger partial charge in [-0.3, -0.25) is 4.79 Å². The lowest BCUT2D eigenvalue weighted by Crippen LogP contribution is -2.30. The van der Waals surface area contributed by atoms with Gasteiger partial charge in [0.15, 0.2) is 11.5 Å². The lowest BCUT2D eigenvalue weighted by Gasteiger charge is -2.20. The second-order valence-corrected chi connectivity index (χ2v) is 5.63. The molecule has 0 radical (unpaired) electrons. The van der Waals surface area contributed by atoms with Crippen molar-refractivity contribution in [2.45, 2.75) is 13.0 Å². The van der Waals surface area contributed by atoms with Crippen molar-refractivity contribution in [3.63, 3.8) is 0 Å². The number of methoxy groups -OCH3 is 3. The third-order valence-corrected chi connectivity index (χ3v) is 4.07. The highest BCUT2D eigenvalue weighted by Crippen LogP contribution is 2.40. The van der Waals surface area contributed by atoms with Gasteiger partial charge in [-0.1, -0.05) is 37.3 Å². The number of nitrogens with two attached hydrogens (primary N) is 1. The van der Waals surface area contributed by atoms with E-state index in [-0.39, 0.29) is 5.91 Å². The van der Waals surface area contributed by atoms with Gasteiger partial charge >= 0.3 is 0 Å². The Morgan fingerprint density at radius 1 is 1.00 bits per heavy atom. The molecule has 0 aliphatic carbocycles. The molecule has 0 saturated carbocycles. The maximum atomic E-state index is 12.6. The van der Waals surface area contributed by atoms with Crippen molar-refractivity contribution in [3.05, 3.63) is 48.0 Å². The van der Waals surface area contributed by atoms with E-state index in [0.717, 1.165) is 5.56 Å². The second-order valence-electron chi connectivity index (χ2n) is 5.63. The number of carbonyl (C=O) groups is 1. The summed E-state index contributed by atoms with van der Waals surface area (Å²) in [6.45, 7) is 1.80. The first-order valence-corrected chi connectivity index (χ1v) is 7.93. The molecule has 0 aliphatic rings. The summed E-state index contributed by atoms with van der Waals surface area (Å²) in [5, 5.41) is 2.86. The number of benzene rings is 2. The third kappa shape index (κ3) is 4.22. The summed E-state index contributed by atoms with van der Waals surface area (Å²) in [6.07, 6.45) is 0. The quantitative estimate of drug-likeness (QED) is 0.807. The number of amides is 1. The standard InChI is InChI=1S/C19H24N2O4/c1-12(17(20)13-8-6-5-7-9-13)19(22)21-14-10-15(23-2)18(25-4)16(11-14)24-3/h5-12,17H,20H2,1-4H3,(H,21,22). The average molecular weight is 344 g/mol. The fourth-order valence-electron chi connectivity index (χ4n) is 2.54. The molecular formula is C19H24N2O4. The first kappa shape index (κ1) is 18.6. The van der Waals surface area contributed by atoms with Crippen LogP contribution in [-0.4, -0.2) is 27.2 Å². The van der Waals surface area contributed by atoms with Crippen molar-refractivity contribution in [2.24, 2.45) is 11.7 Å². The van der Waals surface area contributed by atoms with Crippen LogP contribution in [0.3, 0.4) is 0 Å². The second kappa shape index (κ2) is 8.39. The maximum absolute atomic E-state index is 12.6. The summed E-state index contributed by atoms with van der Waals surface area (Å²) in [6, 6.07) is 12.5. The zero-order valence-corrected chi connectivity index (χ0v) is 14.9. The Bertz CT molecular complexity index is 694. The molecule has 2 aromatic carbocycles. The van der Waals surface area contributed by atoms with Crippen LogP contribution in [0, 0.1) is 5.92 Å². The molecule has 0 fully saturated rings. The summed E-state index contributed by atoms with van der Waals surface area (Å²) in [7, 11) is 4.58. The van der Waals surface area contributed by atoms with Crippen molar-refractivity contribution in [2.75, 3.05) is 26.6 Å². The average Bonchev–Trinajstić information content (AvgIpc) is 2.66. The van der Waals surface area contributed by atoms with Crippen molar-refractivity contribution in [3.8, 4) is 17.2 Å². The SMILES string of the molecule is COc1cc(NC(=O)C(C)C(N)c2ccccc2)cc(OC)c1OC. The maximum Gasteiger partial charge on any atom is 0.229 e. The zero-order valence-electron chi connectivity index (χ0n) is 14.9. The normalized spacial score (nSPS) is 12.8. The first-order chi connectivity index (χ1) is 12.0. The summed E-state index contributed by atoms with van der Waals surface area (Å²) >= 11 is 0. The Kier molecular flexibility index (Phi) is 6.25. The van der Waals surface area contributed by atoms with Gasteiger partial charge in [0.25, 0.3) is 0 Å². The number of nitrogens with one attached hydrogen (secondary N) is 1. The Balaban J connectivity index is 2.19. The Morgan fingerprint density at radius 2 is 1.56 bits per heavy atom. The summed E-state index contributed by atoms with van der Waals surface area (Å²) in [4.78, 5) is 12.6. The van der Waals surface area contributed by atoms with E-state index in [4.69, 9.17) is 19.9 Å². The Morgan fingerprint density at radius 3 is 2.04 bits per heavy atom. The Hall–Kier alpha value is -2.73. The fourth-order valence-corrected chi connectivity index (χ4v) is 2.54. The van der Waals surface area contributed by atoms with E-state index in [2.05, 4.69) is 5.32 Å². The monoisotopic (exact) mass is 344 g/mol. The van der Waals surface area contributed by atoms with Crippen molar-refractivity contribution >= 4 is 11.6 Å². The highest BCUT2D eigenvalue weighted by atomic mass is 16.5. The van der Waals surface area contributed by atoms with Crippen LogP contribution in [0.15, 0.2) is 42.5 Å². The number of carbonyl (C=O) groups excluding carboxylic acids is 1. The van der Waals surface area contributed by atoms with Gasteiger partial charge in [-0.05, 0) is 5.56 Å².